The summed E-state index contributed by atoms with van der Waals surface area (Å²) in [4.78, 5) is 13.9. The second-order valence-corrected chi connectivity index (χ2v) is 8.53. The number of carbonyl (C=O) groups is 1. The molecule has 0 saturated carbocycles. The van der Waals surface area contributed by atoms with Gasteiger partial charge in [-0.3, -0.25) is 4.79 Å². The number of nitrogens with zero attached hydrogens (tertiary/aromatic N) is 1. The van der Waals surface area contributed by atoms with E-state index in [4.69, 9.17) is 4.74 Å². The zero-order valence-corrected chi connectivity index (χ0v) is 15.0. The molecule has 0 bridgehead atoms. The van der Waals surface area contributed by atoms with E-state index in [1.54, 1.807) is 23.1 Å². The predicted octanol–water partition coefficient (Wildman–Crippen LogP) is 1.68. The van der Waals surface area contributed by atoms with E-state index in [9.17, 15) is 13.2 Å². The molecular formula is C16H24N2O4S. The van der Waals surface area contributed by atoms with Crippen LogP contribution in [0, 0.1) is 6.92 Å². The fourth-order valence-electron chi connectivity index (χ4n) is 2.71. The molecule has 1 N–H and O–H groups in total. The standard InChI is InChI=1S/C16H24N2O4S/c1-11-6-7-13(22-5)14(8-11)23(20,21)17-12-9-15(19)18(10-12)16(2,3)4/h6-8,12,17H,9-10H2,1-5H3. The summed E-state index contributed by atoms with van der Waals surface area (Å²) in [6.07, 6.45) is 0.171. The van der Waals surface area contributed by atoms with Crippen molar-refractivity contribution in [2.75, 3.05) is 13.7 Å². The molecule has 1 aliphatic heterocycles. The van der Waals surface area contributed by atoms with Crippen molar-refractivity contribution in [2.24, 2.45) is 0 Å². The fourth-order valence-corrected chi connectivity index (χ4v) is 4.19. The Labute approximate surface area is 137 Å². The van der Waals surface area contributed by atoms with Crippen molar-refractivity contribution < 1.29 is 17.9 Å². The largest absolute Gasteiger partial charge is 0.495 e. The lowest BCUT2D eigenvalue weighted by molar-refractivity contribution is -0.131. The molecule has 0 aromatic heterocycles. The fraction of sp³-hybridized carbons (Fsp3) is 0.562. The van der Waals surface area contributed by atoms with Crippen LogP contribution >= 0.6 is 0 Å². The van der Waals surface area contributed by atoms with Crippen molar-refractivity contribution in [1.82, 2.24) is 9.62 Å². The number of amides is 1. The monoisotopic (exact) mass is 340 g/mol. The van der Waals surface area contributed by atoms with Crippen LogP contribution in [0.2, 0.25) is 0 Å². The van der Waals surface area contributed by atoms with Gasteiger partial charge in [-0.25, -0.2) is 13.1 Å². The number of aryl methyl sites for hydroxylation is 1. The maximum atomic E-state index is 12.7. The van der Waals surface area contributed by atoms with Crippen LogP contribution in [0.25, 0.3) is 0 Å². The smallest absolute Gasteiger partial charge is 0.244 e. The molecule has 1 aliphatic rings. The van der Waals surface area contributed by atoms with Crippen LogP contribution in [0.1, 0.15) is 32.8 Å². The van der Waals surface area contributed by atoms with Crippen LogP contribution < -0.4 is 9.46 Å². The Bertz CT molecular complexity index is 707. The number of hydrogen-bond acceptors (Lipinski definition) is 4. The van der Waals surface area contributed by atoms with Gasteiger partial charge in [0.1, 0.15) is 10.6 Å². The van der Waals surface area contributed by atoms with Gasteiger partial charge in [0.05, 0.1) is 7.11 Å². The van der Waals surface area contributed by atoms with Crippen LogP contribution in [-0.4, -0.2) is 44.5 Å². The van der Waals surface area contributed by atoms with Crippen molar-refractivity contribution in [1.29, 1.82) is 0 Å². The summed E-state index contributed by atoms with van der Waals surface area (Å²) < 4.78 is 33.1. The topological polar surface area (TPSA) is 75.7 Å². The van der Waals surface area contributed by atoms with Crippen LogP contribution in [0.5, 0.6) is 5.75 Å². The third-order valence-electron chi connectivity index (χ3n) is 3.87. The molecule has 7 heteroatoms. The first-order valence-electron chi connectivity index (χ1n) is 7.52. The van der Waals surface area contributed by atoms with Gasteiger partial charge >= 0.3 is 0 Å². The average molecular weight is 340 g/mol. The molecule has 0 radical (unpaired) electrons. The van der Waals surface area contributed by atoms with Crippen LogP contribution in [-0.2, 0) is 14.8 Å². The normalized spacial score (nSPS) is 19.3. The molecule has 23 heavy (non-hydrogen) atoms. The second-order valence-electron chi connectivity index (χ2n) is 6.85. The molecule has 1 heterocycles. The summed E-state index contributed by atoms with van der Waals surface area (Å²) in [7, 11) is -2.32. The Kier molecular flexibility index (Phi) is 4.73. The molecule has 1 aromatic rings. The number of benzene rings is 1. The van der Waals surface area contributed by atoms with Crippen molar-refractivity contribution >= 4 is 15.9 Å². The first-order valence-corrected chi connectivity index (χ1v) is 9.00. The van der Waals surface area contributed by atoms with Crippen molar-refractivity contribution in [3.63, 3.8) is 0 Å². The first kappa shape index (κ1) is 17.7. The summed E-state index contributed by atoms with van der Waals surface area (Å²) in [5.74, 6) is 0.251. The Morgan fingerprint density at radius 3 is 2.48 bits per heavy atom. The minimum absolute atomic E-state index is 0.0404. The number of hydrogen-bond donors (Lipinski definition) is 1. The second kappa shape index (κ2) is 6.13. The minimum atomic E-state index is -3.76. The van der Waals surface area contributed by atoms with Gasteiger partial charge in [-0.2, -0.15) is 0 Å². The number of carbonyl (C=O) groups excluding carboxylic acids is 1. The van der Waals surface area contributed by atoms with Gasteiger partial charge in [-0.05, 0) is 45.4 Å². The molecule has 1 saturated heterocycles. The Balaban J connectivity index is 2.24. The van der Waals surface area contributed by atoms with Gasteiger partial charge in [0, 0.05) is 24.5 Å². The van der Waals surface area contributed by atoms with Crippen LogP contribution in [0.3, 0.4) is 0 Å². The number of sulfonamides is 1. The Hall–Kier alpha value is -1.60. The van der Waals surface area contributed by atoms with Gasteiger partial charge in [0.15, 0.2) is 0 Å². The van der Waals surface area contributed by atoms with E-state index in [1.165, 1.54) is 7.11 Å². The number of methoxy groups -OCH3 is 1. The van der Waals surface area contributed by atoms with E-state index in [0.717, 1.165) is 5.56 Å². The third kappa shape index (κ3) is 3.84. The number of ether oxygens (including phenoxy) is 1. The van der Waals surface area contributed by atoms with Crippen LogP contribution in [0.15, 0.2) is 23.1 Å². The van der Waals surface area contributed by atoms with Crippen molar-refractivity contribution in [2.45, 2.75) is 50.6 Å². The highest BCUT2D eigenvalue weighted by atomic mass is 32.2. The molecule has 1 amide bonds. The summed E-state index contributed by atoms with van der Waals surface area (Å²) in [6, 6.07) is 4.56. The SMILES string of the molecule is COc1ccc(C)cc1S(=O)(=O)NC1CC(=O)N(C(C)(C)C)C1. The molecule has 2 rings (SSSR count). The summed E-state index contributed by atoms with van der Waals surface area (Å²) in [5.41, 5.74) is 0.503. The minimum Gasteiger partial charge on any atom is -0.495 e. The highest BCUT2D eigenvalue weighted by Crippen LogP contribution is 2.27. The van der Waals surface area contributed by atoms with Gasteiger partial charge < -0.3 is 9.64 Å². The zero-order chi connectivity index (χ0) is 17.4. The molecule has 0 aliphatic carbocycles. The third-order valence-corrected chi connectivity index (χ3v) is 5.41. The van der Waals surface area contributed by atoms with Crippen molar-refractivity contribution in [3.8, 4) is 5.75 Å². The van der Waals surface area contributed by atoms with E-state index >= 15 is 0 Å². The van der Waals surface area contributed by atoms with Gasteiger partial charge in [0.2, 0.25) is 15.9 Å². The molecule has 1 atom stereocenters. The quantitative estimate of drug-likeness (QED) is 0.905. The molecular weight excluding hydrogens is 316 g/mol. The van der Waals surface area contributed by atoms with Crippen molar-refractivity contribution in [3.05, 3.63) is 23.8 Å². The maximum Gasteiger partial charge on any atom is 0.244 e. The molecule has 128 valence electrons. The number of likely N-dealkylation sites (tertiary alicyclic amines) is 1. The Morgan fingerprint density at radius 2 is 1.96 bits per heavy atom. The molecule has 0 spiro atoms. The summed E-state index contributed by atoms with van der Waals surface area (Å²) in [5, 5.41) is 0. The lowest BCUT2D eigenvalue weighted by Crippen LogP contribution is -2.44. The molecule has 1 unspecified atom stereocenters. The lowest BCUT2D eigenvalue weighted by Gasteiger charge is -2.32. The molecule has 6 nitrogen and oxygen atoms in total. The predicted molar refractivity (Wildman–Crippen MR) is 87.9 cm³/mol. The highest BCUT2D eigenvalue weighted by Gasteiger charge is 2.38. The average Bonchev–Trinajstić information content (AvgIpc) is 2.78. The van der Waals surface area contributed by atoms with Crippen LogP contribution in [0.4, 0.5) is 0 Å². The maximum absolute atomic E-state index is 12.7. The highest BCUT2D eigenvalue weighted by molar-refractivity contribution is 7.89. The van der Waals surface area contributed by atoms with Gasteiger partial charge in [-0.1, -0.05) is 6.07 Å². The lowest BCUT2D eigenvalue weighted by atomic mass is 10.1. The zero-order valence-electron chi connectivity index (χ0n) is 14.2. The summed E-state index contributed by atoms with van der Waals surface area (Å²) >= 11 is 0. The number of nitrogens with one attached hydrogen (secondary N) is 1. The van der Waals surface area contributed by atoms with Gasteiger partial charge in [0.25, 0.3) is 0 Å². The van der Waals surface area contributed by atoms with E-state index in [0.29, 0.717) is 12.3 Å². The number of rotatable bonds is 4. The first-order chi connectivity index (χ1) is 10.5. The van der Waals surface area contributed by atoms with E-state index in [-0.39, 0.29) is 22.8 Å². The van der Waals surface area contributed by atoms with E-state index in [2.05, 4.69) is 4.72 Å². The molecule has 1 aromatic carbocycles. The van der Waals surface area contributed by atoms with Gasteiger partial charge in [-0.15, -0.1) is 0 Å². The summed E-state index contributed by atoms with van der Waals surface area (Å²) in [6.45, 7) is 8.00. The Morgan fingerprint density at radius 1 is 1.30 bits per heavy atom. The van der Waals surface area contributed by atoms with E-state index < -0.39 is 16.1 Å². The van der Waals surface area contributed by atoms with E-state index in [1.807, 2.05) is 27.7 Å². The molecule has 1 fully saturated rings.